The predicted molar refractivity (Wildman–Crippen MR) is 68.2 cm³/mol. The molecule has 0 saturated heterocycles. The second-order valence-corrected chi connectivity index (χ2v) is 3.83. The summed E-state index contributed by atoms with van der Waals surface area (Å²) in [5.74, 6) is 0. The molecule has 1 radical (unpaired) electrons. The monoisotopic (exact) mass is 204 g/mol. The molecule has 83 valence electrons. The summed E-state index contributed by atoms with van der Waals surface area (Å²) in [6.07, 6.45) is 4.90. The summed E-state index contributed by atoms with van der Waals surface area (Å²) in [6, 6.07) is 10.7. The molecule has 0 saturated carbocycles. The van der Waals surface area contributed by atoms with E-state index in [-0.39, 0.29) is 0 Å². The van der Waals surface area contributed by atoms with Crippen molar-refractivity contribution in [2.45, 2.75) is 32.6 Å². The first-order valence-corrected chi connectivity index (χ1v) is 5.97. The molecule has 0 fully saturated rings. The van der Waals surface area contributed by atoms with Gasteiger partial charge in [-0.3, -0.25) is 0 Å². The van der Waals surface area contributed by atoms with Gasteiger partial charge in [0, 0.05) is 18.8 Å². The average molecular weight is 204 g/mol. The molecule has 0 bridgehead atoms. The number of para-hydroxylation sites is 1. The van der Waals surface area contributed by atoms with Crippen molar-refractivity contribution in [2.24, 2.45) is 0 Å². The minimum absolute atomic E-state index is 1.07. The van der Waals surface area contributed by atoms with Gasteiger partial charge in [-0.05, 0) is 25.5 Å². The van der Waals surface area contributed by atoms with E-state index in [0.29, 0.717) is 0 Å². The van der Waals surface area contributed by atoms with Gasteiger partial charge < -0.3 is 4.90 Å². The van der Waals surface area contributed by atoms with Gasteiger partial charge in [-0.2, -0.15) is 0 Å². The highest BCUT2D eigenvalue weighted by molar-refractivity contribution is 5.45. The Balaban J connectivity index is 2.36. The normalized spacial score (nSPS) is 10.3. The zero-order valence-corrected chi connectivity index (χ0v) is 9.78. The summed E-state index contributed by atoms with van der Waals surface area (Å²) in [5.41, 5.74) is 1.34. The van der Waals surface area contributed by atoms with Crippen LogP contribution in [0.2, 0.25) is 0 Å². The van der Waals surface area contributed by atoms with E-state index in [1.165, 1.54) is 31.5 Å². The van der Waals surface area contributed by atoms with Gasteiger partial charge in [0.25, 0.3) is 0 Å². The summed E-state index contributed by atoms with van der Waals surface area (Å²) in [7, 11) is 0. The Kier molecular flexibility index (Phi) is 5.91. The molecule has 0 amide bonds. The lowest BCUT2D eigenvalue weighted by Crippen LogP contribution is -2.23. The standard InChI is InChI=1S/C14H22N/c1-3-5-6-10-13-15(4-2)14-11-8-7-9-12-14/h7-9,11-12H,1,3-6,10,13H2,2H3. The summed E-state index contributed by atoms with van der Waals surface area (Å²) in [4.78, 5) is 2.43. The highest BCUT2D eigenvalue weighted by atomic mass is 15.1. The van der Waals surface area contributed by atoms with Gasteiger partial charge in [-0.25, -0.2) is 0 Å². The fraction of sp³-hybridized carbons (Fsp3) is 0.500. The molecule has 1 heteroatoms. The van der Waals surface area contributed by atoms with Gasteiger partial charge in [-0.1, -0.05) is 44.4 Å². The van der Waals surface area contributed by atoms with Gasteiger partial charge in [0.2, 0.25) is 0 Å². The van der Waals surface area contributed by atoms with Crippen LogP contribution in [0.3, 0.4) is 0 Å². The second-order valence-electron chi connectivity index (χ2n) is 3.83. The Bertz CT molecular complexity index is 243. The SMILES string of the molecule is [CH2]CCCCCN(CC)c1ccccc1. The number of hydrogen-bond donors (Lipinski definition) is 0. The topological polar surface area (TPSA) is 3.24 Å². The van der Waals surface area contributed by atoms with E-state index < -0.39 is 0 Å². The molecule has 15 heavy (non-hydrogen) atoms. The smallest absolute Gasteiger partial charge is 0.0366 e. The van der Waals surface area contributed by atoms with E-state index in [4.69, 9.17) is 0 Å². The largest absolute Gasteiger partial charge is 0.372 e. The van der Waals surface area contributed by atoms with E-state index in [0.717, 1.165) is 13.0 Å². The molecular formula is C14H22N. The van der Waals surface area contributed by atoms with Crippen LogP contribution < -0.4 is 4.90 Å². The van der Waals surface area contributed by atoms with Gasteiger partial charge in [-0.15, -0.1) is 0 Å². The molecule has 1 rings (SSSR count). The van der Waals surface area contributed by atoms with Crippen molar-refractivity contribution in [1.29, 1.82) is 0 Å². The summed E-state index contributed by atoms with van der Waals surface area (Å²) >= 11 is 0. The van der Waals surface area contributed by atoms with E-state index >= 15 is 0 Å². The van der Waals surface area contributed by atoms with Crippen molar-refractivity contribution >= 4 is 5.69 Å². The molecule has 0 aromatic heterocycles. The molecule has 0 aliphatic carbocycles. The lowest BCUT2D eigenvalue weighted by molar-refractivity contribution is 0.663. The fourth-order valence-electron chi connectivity index (χ4n) is 1.76. The molecule has 1 aromatic carbocycles. The third-order valence-electron chi connectivity index (χ3n) is 2.68. The summed E-state index contributed by atoms with van der Waals surface area (Å²) < 4.78 is 0. The van der Waals surface area contributed by atoms with Crippen LogP contribution in [-0.2, 0) is 0 Å². The zero-order valence-electron chi connectivity index (χ0n) is 9.78. The van der Waals surface area contributed by atoms with Gasteiger partial charge >= 0.3 is 0 Å². The lowest BCUT2D eigenvalue weighted by Gasteiger charge is -2.22. The van der Waals surface area contributed by atoms with Crippen molar-refractivity contribution in [3.63, 3.8) is 0 Å². The molecule has 0 unspecified atom stereocenters. The Morgan fingerprint density at radius 2 is 1.80 bits per heavy atom. The average Bonchev–Trinajstić information content (AvgIpc) is 2.30. The van der Waals surface area contributed by atoms with Gasteiger partial charge in [0.15, 0.2) is 0 Å². The van der Waals surface area contributed by atoms with Crippen LogP contribution >= 0.6 is 0 Å². The number of benzene rings is 1. The van der Waals surface area contributed by atoms with Crippen LogP contribution in [0.15, 0.2) is 30.3 Å². The van der Waals surface area contributed by atoms with Crippen molar-refractivity contribution < 1.29 is 0 Å². The van der Waals surface area contributed by atoms with E-state index in [2.05, 4.69) is 49.1 Å². The van der Waals surface area contributed by atoms with E-state index in [1.807, 2.05) is 0 Å². The Morgan fingerprint density at radius 1 is 1.07 bits per heavy atom. The molecule has 0 N–H and O–H groups in total. The minimum atomic E-state index is 1.07. The van der Waals surface area contributed by atoms with Crippen LogP contribution in [0.4, 0.5) is 5.69 Å². The molecule has 0 aliphatic rings. The first-order valence-electron chi connectivity index (χ1n) is 5.97. The quantitative estimate of drug-likeness (QED) is 0.609. The molecule has 0 aliphatic heterocycles. The highest BCUT2D eigenvalue weighted by Crippen LogP contribution is 2.13. The third kappa shape index (κ3) is 4.37. The Labute approximate surface area is 94.1 Å². The van der Waals surface area contributed by atoms with Crippen LogP contribution in [-0.4, -0.2) is 13.1 Å². The number of anilines is 1. The molecule has 0 atom stereocenters. The van der Waals surface area contributed by atoms with Crippen molar-refractivity contribution in [2.75, 3.05) is 18.0 Å². The number of rotatable bonds is 7. The fourth-order valence-corrected chi connectivity index (χ4v) is 1.76. The van der Waals surface area contributed by atoms with Gasteiger partial charge in [0.05, 0.1) is 0 Å². The van der Waals surface area contributed by atoms with Crippen LogP contribution in [0, 0.1) is 6.92 Å². The lowest BCUT2D eigenvalue weighted by atomic mass is 10.2. The highest BCUT2D eigenvalue weighted by Gasteiger charge is 2.01. The maximum absolute atomic E-state index is 3.87. The van der Waals surface area contributed by atoms with Gasteiger partial charge in [0.1, 0.15) is 0 Å². The maximum Gasteiger partial charge on any atom is 0.0366 e. The number of nitrogens with zero attached hydrogens (tertiary/aromatic N) is 1. The third-order valence-corrected chi connectivity index (χ3v) is 2.68. The molecule has 1 aromatic rings. The zero-order chi connectivity index (χ0) is 10.9. The minimum Gasteiger partial charge on any atom is -0.372 e. The maximum atomic E-state index is 3.87. The summed E-state index contributed by atoms with van der Waals surface area (Å²) in [6.45, 7) is 8.34. The van der Waals surface area contributed by atoms with Crippen molar-refractivity contribution in [3.05, 3.63) is 37.3 Å². The van der Waals surface area contributed by atoms with Crippen LogP contribution in [0.5, 0.6) is 0 Å². The number of hydrogen-bond acceptors (Lipinski definition) is 1. The van der Waals surface area contributed by atoms with Crippen LogP contribution in [0.1, 0.15) is 32.6 Å². The molecular weight excluding hydrogens is 182 g/mol. The van der Waals surface area contributed by atoms with Crippen molar-refractivity contribution in [3.8, 4) is 0 Å². The Hall–Kier alpha value is -0.980. The van der Waals surface area contributed by atoms with Crippen molar-refractivity contribution in [1.82, 2.24) is 0 Å². The molecule has 1 nitrogen and oxygen atoms in total. The summed E-state index contributed by atoms with van der Waals surface area (Å²) in [5, 5.41) is 0. The molecule has 0 heterocycles. The molecule has 0 spiro atoms. The number of unbranched alkanes of at least 4 members (excludes halogenated alkanes) is 3. The Morgan fingerprint density at radius 3 is 2.40 bits per heavy atom. The van der Waals surface area contributed by atoms with E-state index in [9.17, 15) is 0 Å². The van der Waals surface area contributed by atoms with E-state index in [1.54, 1.807) is 0 Å². The second kappa shape index (κ2) is 7.33. The van der Waals surface area contributed by atoms with Crippen LogP contribution in [0.25, 0.3) is 0 Å². The first-order chi connectivity index (χ1) is 7.38. The first kappa shape index (κ1) is 12.1. The predicted octanol–water partition coefficient (Wildman–Crippen LogP) is 3.91.